The van der Waals surface area contributed by atoms with E-state index in [2.05, 4.69) is 4.90 Å². The fraction of sp³-hybridized carbons (Fsp3) is 0.278. The lowest BCUT2D eigenvalue weighted by Gasteiger charge is -2.24. The number of hydrogen-bond donors (Lipinski definition) is 3. The van der Waals surface area contributed by atoms with Crippen molar-refractivity contribution in [1.29, 1.82) is 0 Å². The number of phenols is 1. The largest absolute Gasteiger partial charge is 0.508 e. The number of nitrogens with zero attached hydrogens (tertiary/aromatic N) is 1. The van der Waals surface area contributed by atoms with Crippen molar-refractivity contribution in [2.45, 2.75) is 19.6 Å². The van der Waals surface area contributed by atoms with Crippen molar-refractivity contribution >= 4 is 5.91 Å². The van der Waals surface area contributed by atoms with E-state index in [4.69, 9.17) is 5.73 Å². The summed E-state index contributed by atoms with van der Waals surface area (Å²) in [6, 6.07) is 13.8. The van der Waals surface area contributed by atoms with E-state index in [1.165, 1.54) is 0 Å². The minimum absolute atomic E-state index is 0.145. The van der Waals surface area contributed by atoms with Crippen LogP contribution in [0.2, 0.25) is 0 Å². The summed E-state index contributed by atoms with van der Waals surface area (Å²) in [5, 5.41) is 19.8. The van der Waals surface area contributed by atoms with Crippen molar-refractivity contribution in [3.63, 3.8) is 0 Å². The Bertz CT molecular complexity index is 656. The molecule has 0 saturated carbocycles. The molecule has 0 aliphatic carbocycles. The van der Waals surface area contributed by atoms with Gasteiger partial charge in [-0.15, -0.1) is 0 Å². The standard InChI is InChI=1S/C18H22N2O3/c1-2-20(11-13-6-8-14(9-7-13)18(19)23)12-17(22)15-4-3-5-16(21)10-15/h3-10,17,21-22H,2,11-12H2,1H3,(H2,19,23). The summed E-state index contributed by atoms with van der Waals surface area (Å²) in [5.74, 6) is -0.296. The molecule has 122 valence electrons. The maximum absolute atomic E-state index is 11.1. The molecule has 5 nitrogen and oxygen atoms in total. The lowest BCUT2D eigenvalue weighted by Crippen LogP contribution is -2.28. The first-order valence-corrected chi connectivity index (χ1v) is 7.57. The van der Waals surface area contributed by atoms with E-state index in [0.29, 0.717) is 24.2 Å². The number of benzene rings is 2. The fourth-order valence-electron chi connectivity index (χ4n) is 2.42. The van der Waals surface area contributed by atoms with Crippen molar-refractivity contribution in [2.75, 3.05) is 13.1 Å². The predicted octanol–water partition coefficient (Wildman–Crippen LogP) is 2.05. The monoisotopic (exact) mass is 314 g/mol. The molecule has 0 aliphatic rings. The van der Waals surface area contributed by atoms with Crippen LogP contribution in [0.3, 0.4) is 0 Å². The molecule has 1 unspecified atom stereocenters. The van der Waals surface area contributed by atoms with Crippen LogP contribution in [0.5, 0.6) is 5.75 Å². The summed E-state index contributed by atoms with van der Waals surface area (Å²) in [6.45, 7) is 3.91. The van der Waals surface area contributed by atoms with Crippen LogP contribution in [-0.4, -0.2) is 34.1 Å². The van der Waals surface area contributed by atoms with Crippen LogP contribution in [0.25, 0.3) is 0 Å². The average molecular weight is 314 g/mol. The van der Waals surface area contributed by atoms with Gasteiger partial charge in [-0.1, -0.05) is 31.2 Å². The molecular weight excluding hydrogens is 292 g/mol. The summed E-state index contributed by atoms with van der Waals surface area (Å²) in [5.41, 5.74) is 7.44. The zero-order valence-corrected chi connectivity index (χ0v) is 13.1. The molecule has 0 bridgehead atoms. The van der Waals surface area contributed by atoms with Gasteiger partial charge in [0.05, 0.1) is 6.10 Å². The Morgan fingerprint density at radius 3 is 2.48 bits per heavy atom. The fourth-order valence-corrected chi connectivity index (χ4v) is 2.42. The van der Waals surface area contributed by atoms with Gasteiger partial charge in [-0.3, -0.25) is 9.69 Å². The van der Waals surface area contributed by atoms with Gasteiger partial charge in [0.15, 0.2) is 0 Å². The Morgan fingerprint density at radius 2 is 1.91 bits per heavy atom. The third kappa shape index (κ3) is 4.81. The van der Waals surface area contributed by atoms with Crippen LogP contribution in [0.1, 0.15) is 34.5 Å². The molecule has 23 heavy (non-hydrogen) atoms. The Hall–Kier alpha value is -2.37. The normalized spacial score (nSPS) is 12.3. The minimum Gasteiger partial charge on any atom is -0.508 e. The zero-order valence-electron chi connectivity index (χ0n) is 13.1. The highest BCUT2D eigenvalue weighted by atomic mass is 16.3. The van der Waals surface area contributed by atoms with Gasteiger partial charge in [0.1, 0.15) is 5.75 Å². The molecule has 0 heterocycles. The number of carbonyl (C=O) groups is 1. The molecule has 0 fully saturated rings. The van der Waals surface area contributed by atoms with Crippen LogP contribution in [-0.2, 0) is 6.54 Å². The van der Waals surface area contributed by atoms with Gasteiger partial charge in [0.2, 0.25) is 5.91 Å². The van der Waals surface area contributed by atoms with E-state index >= 15 is 0 Å². The second-order valence-electron chi connectivity index (χ2n) is 5.50. The highest BCUT2D eigenvalue weighted by Gasteiger charge is 2.13. The Labute approximate surface area is 136 Å². The Kier molecular flexibility index (Phi) is 5.73. The molecule has 0 radical (unpaired) electrons. The number of aliphatic hydroxyl groups is 1. The van der Waals surface area contributed by atoms with Gasteiger partial charge >= 0.3 is 0 Å². The highest BCUT2D eigenvalue weighted by molar-refractivity contribution is 5.92. The molecule has 1 amide bonds. The Morgan fingerprint density at radius 1 is 1.22 bits per heavy atom. The molecule has 2 aromatic carbocycles. The van der Waals surface area contributed by atoms with Gasteiger partial charge in [0.25, 0.3) is 0 Å². The first-order chi connectivity index (χ1) is 11.0. The molecule has 4 N–H and O–H groups in total. The second kappa shape index (κ2) is 7.76. The highest BCUT2D eigenvalue weighted by Crippen LogP contribution is 2.20. The summed E-state index contributed by atoms with van der Waals surface area (Å²) < 4.78 is 0. The van der Waals surface area contributed by atoms with Gasteiger partial charge in [-0.2, -0.15) is 0 Å². The summed E-state index contributed by atoms with van der Waals surface area (Å²) in [7, 11) is 0. The van der Waals surface area contributed by atoms with E-state index in [1.54, 1.807) is 36.4 Å². The number of likely N-dealkylation sites (N-methyl/N-ethyl adjacent to an activating group) is 1. The maximum atomic E-state index is 11.1. The lowest BCUT2D eigenvalue weighted by molar-refractivity contribution is 0.100. The molecule has 0 spiro atoms. The number of nitrogens with two attached hydrogens (primary N) is 1. The van der Waals surface area contributed by atoms with Crippen molar-refractivity contribution in [1.82, 2.24) is 4.90 Å². The molecular formula is C18H22N2O3. The van der Waals surface area contributed by atoms with Gasteiger partial charge in [-0.25, -0.2) is 0 Å². The number of phenolic OH excluding ortho intramolecular Hbond substituents is 1. The van der Waals surface area contributed by atoms with Crippen molar-refractivity contribution in [3.05, 3.63) is 65.2 Å². The second-order valence-corrected chi connectivity index (χ2v) is 5.50. The van der Waals surface area contributed by atoms with Gasteiger partial charge in [0, 0.05) is 18.7 Å². The van der Waals surface area contributed by atoms with Crippen LogP contribution in [0.15, 0.2) is 48.5 Å². The van der Waals surface area contributed by atoms with Gasteiger partial charge < -0.3 is 15.9 Å². The quantitative estimate of drug-likeness (QED) is 0.730. The third-order valence-electron chi connectivity index (χ3n) is 3.78. The average Bonchev–Trinajstić information content (AvgIpc) is 2.54. The number of aliphatic hydroxyl groups excluding tert-OH is 1. The number of rotatable bonds is 7. The molecule has 2 rings (SSSR count). The summed E-state index contributed by atoms with van der Waals surface area (Å²) >= 11 is 0. The van der Waals surface area contributed by atoms with Crippen molar-refractivity contribution in [3.8, 4) is 5.75 Å². The number of amides is 1. The summed E-state index contributed by atoms with van der Waals surface area (Å²) in [6.07, 6.45) is -0.674. The Balaban J connectivity index is 2.00. The third-order valence-corrected chi connectivity index (χ3v) is 3.78. The summed E-state index contributed by atoms with van der Waals surface area (Å²) in [4.78, 5) is 13.2. The lowest BCUT2D eigenvalue weighted by atomic mass is 10.1. The number of primary amides is 1. The molecule has 0 saturated heterocycles. The zero-order chi connectivity index (χ0) is 16.8. The predicted molar refractivity (Wildman–Crippen MR) is 89.0 cm³/mol. The van der Waals surface area contributed by atoms with E-state index in [-0.39, 0.29) is 5.75 Å². The maximum Gasteiger partial charge on any atom is 0.248 e. The smallest absolute Gasteiger partial charge is 0.248 e. The SMILES string of the molecule is CCN(Cc1ccc(C(N)=O)cc1)CC(O)c1cccc(O)c1. The van der Waals surface area contributed by atoms with Gasteiger partial charge in [-0.05, 0) is 41.9 Å². The number of aromatic hydroxyl groups is 1. The van der Waals surface area contributed by atoms with Crippen LogP contribution >= 0.6 is 0 Å². The van der Waals surface area contributed by atoms with Crippen LogP contribution in [0.4, 0.5) is 0 Å². The topological polar surface area (TPSA) is 86.8 Å². The van der Waals surface area contributed by atoms with Crippen LogP contribution in [0, 0.1) is 0 Å². The van der Waals surface area contributed by atoms with E-state index in [1.807, 2.05) is 19.1 Å². The van der Waals surface area contributed by atoms with E-state index in [9.17, 15) is 15.0 Å². The number of hydrogen-bond acceptors (Lipinski definition) is 4. The number of carbonyl (C=O) groups excluding carboxylic acids is 1. The molecule has 1 atom stereocenters. The van der Waals surface area contributed by atoms with Crippen molar-refractivity contribution in [2.24, 2.45) is 5.73 Å². The minimum atomic E-state index is -0.674. The van der Waals surface area contributed by atoms with Crippen molar-refractivity contribution < 1.29 is 15.0 Å². The first-order valence-electron chi connectivity index (χ1n) is 7.57. The molecule has 5 heteroatoms. The van der Waals surface area contributed by atoms with Crippen LogP contribution < -0.4 is 5.73 Å². The molecule has 2 aromatic rings. The van der Waals surface area contributed by atoms with E-state index in [0.717, 1.165) is 12.1 Å². The van der Waals surface area contributed by atoms with E-state index < -0.39 is 12.0 Å². The molecule has 0 aliphatic heterocycles. The molecule has 0 aromatic heterocycles. The first kappa shape index (κ1) is 17.0.